The molecule has 0 aromatic heterocycles. The largest absolute Gasteiger partial charge is 0.396 e. The Morgan fingerprint density at radius 1 is 1.31 bits per heavy atom. The summed E-state index contributed by atoms with van der Waals surface area (Å²) in [5.41, 5.74) is 2.00. The Morgan fingerprint density at radius 3 is 2.69 bits per heavy atom. The number of rotatable bonds is 3. The number of aliphatic hydroxyl groups is 1. The Morgan fingerprint density at radius 2 is 2.06 bits per heavy atom. The Hall–Kier alpha value is -1.55. The van der Waals surface area contributed by atoms with Gasteiger partial charge in [-0.2, -0.15) is 0 Å². The molecule has 1 aliphatic rings. The smallest absolute Gasteiger partial charge is 0.321 e. The Balaban J connectivity index is 2.11. The maximum Gasteiger partial charge on any atom is 0.321 e. The lowest BCUT2D eigenvalue weighted by Crippen LogP contribution is -2.46. The lowest BCUT2D eigenvalue weighted by atomic mass is 10.1. The van der Waals surface area contributed by atoms with Gasteiger partial charge in [0.1, 0.15) is 0 Å². The molecule has 0 radical (unpaired) electrons. The zero-order chi connectivity index (χ0) is 11.4. The quantitative estimate of drug-likeness (QED) is 0.802. The summed E-state index contributed by atoms with van der Waals surface area (Å²) in [6, 6.07) is 7.73. The van der Waals surface area contributed by atoms with Gasteiger partial charge in [-0.25, -0.2) is 4.79 Å². The lowest BCUT2D eigenvalue weighted by Gasteiger charge is -2.27. The van der Waals surface area contributed by atoms with Gasteiger partial charge in [-0.1, -0.05) is 12.1 Å². The third kappa shape index (κ3) is 2.33. The van der Waals surface area contributed by atoms with E-state index >= 15 is 0 Å². The highest BCUT2D eigenvalue weighted by molar-refractivity contribution is 5.92. The fourth-order valence-corrected chi connectivity index (χ4v) is 1.85. The zero-order valence-electron chi connectivity index (χ0n) is 9.15. The molecule has 0 saturated carbocycles. The summed E-state index contributed by atoms with van der Waals surface area (Å²) in [4.78, 5) is 13.3. The fraction of sp³-hybridized carbons (Fsp3) is 0.417. The topological polar surface area (TPSA) is 52.6 Å². The van der Waals surface area contributed by atoms with Crippen molar-refractivity contribution in [1.29, 1.82) is 0 Å². The number of carbonyl (C=O) groups is 1. The van der Waals surface area contributed by atoms with Crippen molar-refractivity contribution in [3.8, 4) is 0 Å². The highest BCUT2D eigenvalue weighted by Crippen LogP contribution is 2.17. The molecule has 2 N–H and O–H groups in total. The van der Waals surface area contributed by atoms with Crippen LogP contribution in [0.1, 0.15) is 12.0 Å². The summed E-state index contributed by atoms with van der Waals surface area (Å²) in [6.45, 7) is 1.69. The monoisotopic (exact) mass is 220 g/mol. The average molecular weight is 220 g/mol. The number of hydrogen-bond acceptors (Lipinski definition) is 2. The van der Waals surface area contributed by atoms with Gasteiger partial charge in [0, 0.05) is 25.4 Å². The van der Waals surface area contributed by atoms with Crippen molar-refractivity contribution in [3.05, 3.63) is 29.8 Å². The van der Waals surface area contributed by atoms with Crippen molar-refractivity contribution in [2.75, 3.05) is 24.6 Å². The second-order valence-electron chi connectivity index (χ2n) is 3.88. The van der Waals surface area contributed by atoms with Gasteiger partial charge in [0.25, 0.3) is 0 Å². The van der Waals surface area contributed by atoms with E-state index in [4.69, 9.17) is 5.11 Å². The first-order valence-electron chi connectivity index (χ1n) is 5.56. The lowest BCUT2D eigenvalue weighted by molar-refractivity contribution is 0.243. The van der Waals surface area contributed by atoms with E-state index in [1.165, 1.54) is 0 Å². The number of anilines is 1. The maximum absolute atomic E-state index is 11.6. The fourth-order valence-electron chi connectivity index (χ4n) is 1.85. The minimum atomic E-state index is -0.0267. The molecule has 0 atom stereocenters. The molecule has 0 bridgehead atoms. The summed E-state index contributed by atoms with van der Waals surface area (Å²) < 4.78 is 0. The van der Waals surface area contributed by atoms with E-state index in [-0.39, 0.29) is 12.6 Å². The average Bonchev–Trinajstić information content (AvgIpc) is 2.31. The number of benzene rings is 1. The normalized spacial score (nSPS) is 16.1. The van der Waals surface area contributed by atoms with Gasteiger partial charge in [-0.15, -0.1) is 0 Å². The van der Waals surface area contributed by atoms with E-state index in [2.05, 4.69) is 5.32 Å². The second kappa shape index (κ2) is 4.99. The molecular formula is C12H16N2O2. The van der Waals surface area contributed by atoms with Gasteiger partial charge >= 0.3 is 6.03 Å². The van der Waals surface area contributed by atoms with Crippen LogP contribution in [0.15, 0.2) is 24.3 Å². The van der Waals surface area contributed by atoms with Crippen LogP contribution in [0.2, 0.25) is 0 Å². The van der Waals surface area contributed by atoms with Crippen LogP contribution in [0.4, 0.5) is 10.5 Å². The van der Waals surface area contributed by atoms with E-state index in [0.29, 0.717) is 6.42 Å². The van der Waals surface area contributed by atoms with E-state index in [0.717, 1.165) is 30.8 Å². The Labute approximate surface area is 94.9 Å². The molecule has 1 heterocycles. The number of urea groups is 1. The van der Waals surface area contributed by atoms with Gasteiger partial charge in [0.2, 0.25) is 0 Å². The van der Waals surface area contributed by atoms with E-state index in [9.17, 15) is 4.79 Å². The first-order chi connectivity index (χ1) is 7.81. The predicted octanol–water partition coefficient (Wildman–Crippen LogP) is 1.14. The van der Waals surface area contributed by atoms with Crippen molar-refractivity contribution < 1.29 is 9.90 Å². The van der Waals surface area contributed by atoms with Crippen LogP contribution in [-0.2, 0) is 6.42 Å². The first-order valence-corrected chi connectivity index (χ1v) is 5.56. The third-order valence-corrected chi connectivity index (χ3v) is 2.73. The molecule has 86 valence electrons. The van der Waals surface area contributed by atoms with Crippen molar-refractivity contribution in [2.24, 2.45) is 0 Å². The minimum Gasteiger partial charge on any atom is -0.396 e. The molecule has 0 unspecified atom stereocenters. The highest BCUT2D eigenvalue weighted by Gasteiger charge is 2.18. The van der Waals surface area contributed by atoms with Gasteiger partial charge in [0.05, 0.1) is 0 Å². The molecule has 1 saturated heterocycles. The molecule has 1 aliphatic heterocycles. The molecule has 0 aliphatic carbocycles. The second-order valence-corrected chi connectivity index (χ2v) is 3.88. The number of carbonyl (C=O) groups excluding carboxylic acids is 1. The number of hydrogen-bond donors (Lipinski definition) is 2. The van der Waals surface area contributed by atoms with Crippen molar-refractivity contribution in [2.45, 2.75) is 12.8 Å². The molecule has 1 fully saturated rings. The van der Waals surface area contributed by atoms with Crippen LogP contribution in [0.5, 0.6) is 0 Å². The van der Waals surface area contributed by atoms with E-state index in [1.807, 2.05) is 24.3 Å². The Kier molecular flexibility index (Phi) is 3.41. The number of aliphatic hydroxyl groups excluding tert-OH is 1. The van der Waals surface area contributed by atoms with E-state index in [1.54, 1.807) is 4.90 Å². The standard InChI is InChI=1S/C12H16N2O2/c15-9-6-10-2-4-11(5-3-10)14-8-1-7-13-12(14)16/h2-5,15H,1,6-9H2,(H,13,16). The van der Waals surface area contributed by atoms with Crippen LogP contribution in [-0.4, -0.2) is 30.8 Å². The van der Waals surface area contributed by atoms with Crippen LogP contribution >= 0.6 is 0 Å². The summed E-state index contributed by atoms with van der Waals surface area (Å²) in [7, 11) is 0. The number of nitrogens with zero attached hydrogens (tertiary/aromatic N) is 1. The molecule has 16 heavy (non-hydrogen) atoms. The molecule has 1 aromatic rings. The van der Waals surface area contributed by atoms with Crippen LogP contribution in [0, 0.1) is 0 Å². The van der Waals surface area contributed by atoms with Gasteiger partial charge in [-0.3, -0.25) is 4.90 Å². The number of nitrogens with one attached hydrogen (secondary N) is 1. The molecule has 2 amide bonds. The van der Waals surface area contributed by atoms with Crippen molar-refractivity contribution in [1.82, 2.24) is 5.32 Å². The van der Waals surface area contributed by atoms with Crippen LogP contribution in [0.25, 0.3) is 0 Å². The summed E-state index contributed by atoms with van der Waals surface area (Å²) in [5, 5.41) is 11.6. The zero-order valence-corrected chi connectivity index (χ0v) is 9.15. The Bertz CT molecular complexity index is 362. The molecule has 0 spiro atoms. The van der Waals surface area contributed by atoms with E-state index < -0.39 is 0 Å². The van der Waals surface area contributed by atoms with Crippen molar-refractivity contribution in [3.63, 3.8) is 0 Å². The van der Waals surface area contributed by atoms with Gasteiger partial charge in [0.15, 0.2) is 0 Å². The minimum absolute atomic E-state index is 0.0267. The molecular weight excluding hydrogens is 204 g/mol. The first kappa shape index (κ1) is 11.0. The van der Waals surface area contributed by atoms with Gasteiger partial charge < -0.3 is 10.4 Å². The molecule has 4 nitrogen and oxygen atoms in total. The van der Waals surface area contributed by atoms with Gasteiger partial charge in [-0.05, 0) is 30.5 Å². The summed E-state index contributed by atoms with van der Waals surface area (Å²) in [6.07, 6.45) is 1.64. The van der Waals surface area contributed by atoms with Crippen LogP contribution < -0.4 is 10.2 Å². The van der Waals surface area contributed by atoms with Crippen LogP contribution in [0.3, 0.4) is 0 Å². The summed E-state index contributed by atoms with van der Waals surface area (Å²) >= 11 is 0. The molecule has 4 heteroatoms. The third-order valence-electron chi connectivity index (χ3n) is 2.73. The predicted molar refractivity (Wildman–Crippen MR) is 62.6 cm³/mol. The SMILES string of the molecule is O=C1NCCCN1c1ccc(CCO)cc1. The summed E-state index contributed by atoms with van der Waals surface area (Å²) in [5.74, 6) is 0. The highest BCUT2D eigenvalue weighted by atomic mass is 16.3. The number of amides is 2. The molecule has 2 rings (SSSR count). The molecule has 1 aromatic carbocycles. The van der Waals surface area contributed by atoms with Crippen molar-refractivity contribution >= 4 is 11.7 Å². The maximum atomic E-state index is 11.6.